The Labute approximate surface area is 242 Å². The fraction of sp³-hybridized carbons (Fsp3) is 0.290. The Kier molecular flexibility index (Phi) is 10.5. The summed E-state index contributed by atoms with van der Waals surface area (Å²) in [6, 6.07) is 24.9. The number of esters is 4. The number of rotatable bonds is 10. The number of ether oxygens (including phenoxy) is 5. The predicted molar refractivity (Wildman–Crippen MR) is 150 cm³/mol. The molecule has 41 heavy (non-hydrogen) atoms. The van der Waals surface area contributed by atoms with Crippen LogP contribution in [0.5, 0.6) is 0 Å². The molecule has 0 N–H and O–H groups in total. The van der Waals surface area contributed by atoms with Gasteiger partial charge in [-0.05, 0) is 42.2 Å². The maximum Gasteiger partial charge on any atom is 0.338 e. The highest BCUT2D eigenvalue weighted by Gasteiger charge is 2.52. The van der Waals surface area contributed by atoms with Crippen molar-refractivity contribution in [3.63, 3.8) is 0 Å². The number of carbonyl (C=O) groups excluding carboxylic acids is 4. The Morgan fingerprint density at radius 1 is 0.659 bits per heavy atom. The van der Waals surface area contributed by atoms with Gasteiger partial charge in [-0.25, -0.2) is 14.4 Å². The largest absolute Gasteiger partial charge is 0.459 e. The van der Waals surface area contributed by atoms with Crippen molar-refractivity contribution in [3.05, 3.63) is 108 Å². The second-order valence-corrected chi connectivity index (χ2v) is 10.4. The first kappa shape index (κ1) is 29.8. The highest BCUT2D eigenvalue weighted by molar-refractivity contribution is 7.99. The quantitative estimate of drug-likeness (QED) is 0.248. The van der Waals surface area contributed by atoms with Crippen LogP contribution in [0.1, 0.15) is 44.9 Å². The molecule has 1 aliphatic rings. The molecule has 1 fully saturated rings. The number of carbonyl (C=O) groups is 4. The smallest absolute Gasteiger partial charge is 0.338 e. The van der Waals surface area contributed by atoms with E-state index in [4.69, 9.17) is 23.7 Å². The highest BCUT2D eigenvalue weighted by Crippen LogP contribution is 2.35. The molecule has 1 aliphatic heterocycles. The molecule has 3 aromatic carbocycles. The summed E-state index contributed by atoms with van der Waals surface area (Å²) in [5, 5.41) is 0. The van der Waals surface area contributed by atoms with Crippen LogP contribution < -0.4 is 0 Å². The van der Waals surface area contributed by atoms with Gasteiger partial charge < -0.3 is 23.7 Å². The molecule has 10 heteroatoms. The zero-order valence-electron chi connectivity index (χ0n) is 22.5. The SMILES string of the molecule is CCSC1OC(COC(=O)c2ccccc2)C(OC(=O)c2ccccc2)C(OC(=O)c2ccccc2)C1OC(C)=O. The lowest BCUT2D eigenvalue weighted by atomic mass is 9.98. The molecular formula is C31H30O9S. The predicted octanol–water partition coefficient (Wildman–Crippen LogP) is 4.70. The lowest BCUT2D eigenvalue weighted by Crippen LogP contribution is -2.61. The van der Waals surface area contributed by atoms with Gasteiger partial charge >= 0.3 is 23.9 Å². The molecule has 1 heterocycles. The molecule has 0 bridgehead atoms. The van der Waals surface area contributed by atoms with Gasteiger partial charge in [0.2, 0.25) is 0 Å². The van der Waals surface area contributed by atoms with Crippen LogP contribution in [0.25, 0.3) is 0 Å². The molecule has 214 valence electrons. The summed E-state index contributed by atoms with van der Waals surface area (Å²) >= 11 is 1.31. The lowest BCUT2D eigenvalue weighted by molar-refractivity contribution is -0.218. The second-order valence-electron chi connectivity index (χ2n) is 9.01. The number of hydrogen-bond donors (Lipinski definition) is 0. The first-order valence-corrected chi connectivity index (χ1v) is 14.1. The number of thioether (sulfide) groups is 1. The van der Waals surface area contributed by atoms with Gasteiger partial charge in [0.05, 0.1) is 16.7 Å². The summed E-state index contributed by atoms with van der Waals surface area (Å²) in [5.74, 6) is -2.12. The van der Waals surface area contributed by atoms with Crippen LogP contribution in [0.3, 0.4) is 0 Å². The molecule has 0 radical (unpaired) electrons. The molecule has 0 spiro atoms. The molecule has 5 atom stereocenters. The first-order valence-electron chi connectivity index (χ1n) is 13.1. The minimum Gasteiger partial charge on any atom is -0.459 e. The van der Waals surface area contributed by atoms with Crippen molar-refractivity contribution in [2.45, 2.75) is 43.7 Å². The Hall–Kier alpha value is -4.15. The van der Waals surface area contributed by atoms with Gasteiger partial charge in [-0.2, -0.15) is 0 Å². The third-order valence-electron chi connectivity index (χ3n) is 6.12. The summed E-state index contributed by atoms with van der Waals surface area (Å²) in [7, 11) is 0. The normalized spacial score (nSPS) is 21.8. The molecule has 3 aromatic rings. The van der Waals surface area contributed by atoms with Crippen LogP contribution in [0.15, 0.2) is 91.0 Å². The fourth-order valence-electron chi connectivity index (χ4n) is 4.25. The zero-order valence-corrected chi connectivity index (χ0v) is 23.4. The number of benzene rings is 3. The van der Waals surface area contributed by atoms with Gasteiger partial charge in [0.25, 0.3) is 0 Å². The summed E-state index contributed by atoms with van der Waals surface area (Å²) < 4.78 is 29.2. The van der Waals surface area contributed by atoms with Gasteiger partial charge in [0.15, 0.2) is 18.3 Å². The third kappa shape index (κ3) is 7.96. The van der Waals surface area contributed by atoms with Gasteiger partial charge in [0, 0.05) is 6.92 Å². The minimum absolute atomic E-state index is 0.245. The molecule has 9 nitrogen and oxygen atoms in total. The molecule has 0 amide bonds. The van der Waals surface area contributed by atoms with Gasteiger partial charge in [-0.15, -0.1) is 11.8 Å². The fourth-order valence-corrected chi connectivity index (χ4v) is 5.20. The maximum atomic E-state index is 13.2. The van der Waals surface area contributed by atoms with E-state index in [0.717, 1.165) is 0 Å². The van der Waals surface area contributed by atoms with Crippen molar-refractivity contribution in [1.29, 1.82) is 0 Å². The van der Waals surface area contributed by atoms with E-state index in [1.807, 2.05) is 6.92 Å². The standard InChI is InChI=1S/C31H30O9S/c1-3-41-31-27(37-20(2)32)26(40-30(35)23-17-11-6-12-18-23)25(39-29(34)22-15-9-5-10-16-22)24(38-31)19-36-28(33)21-13-7-4-8-14-21/h4-18,24-27,31H,3,19H2,1-2H3. The molecule has 0 saturated carbocycles. The maximum absolute atomic E-state index is 13.2. The van der Waals surface area contributed by atoms with E-state index in [0.29, 0.717) is 11.3 Å². The van der Waals surface area contributed by atoms with E-state index in [1.54, 1.807) is 91.0 Å². The topological polar surface area (TPSA) is 114 Å². The second kappa shape index (κ2) is 14.5. The van der Waals surface area contributed by atoms with Gasteiger partial charge in [-0.1, -0.05) is 61.5 Å². The van der Waals surface area contributed by atoms with Gasteiger partial charge in [0.1, 0.15) is 18.1 Å². The number of hydrogen-bond acceptors (Lipinski definition) is 10. The van der Waals surface area contributed by atoms with Crippen LogP contribution in [-0.4, -0.2) is 66.1 Å². The Bertz CT molecular complexity index is 1320. The van der Waals surface area contributed by atoms with E-state index < -0.39 is 53.7 Å². The van der Waals surface area contributed by atoms with E-state index in [-0.39, 0.29) is 17.7 Å². The van der Waals surface area contributed by atoms with Crippen molar-refractivity contribution >= 4 is 35.6 Å². The molecule has 5 unspecified atom stereocenters. The van der Waals surface area contributed by atoms with E-state index in [1.165, 1.54) is 18.7 Å². The van der Waals surface area contributed by atoms with E-state index >= 15 is 0 Å². The van der Waals surface area contributed by atoms with Crippen molar-refractivity contribution in [1.82, 2.24) is 0 Å². The molecule has 0 aromatic heterocycles. The van der Waals surface area contributed by atoms with Crippen LogP contribution in [-0.2, 0) is 28.5 Å². The Morgan fingerprint density at radius 2 is 1.12 bits per heavy atom. The molecular weight excluding hydrogens is 548 g/mol. The third-order valence-corrected chi connectivity index (χ3v) is 7.16. The zero-order chi connectivity index (χ0) is 29.2. The molecule has 4 rings (SSSR count). The monoisotopic (exact) mass is 578 g/mol. The van der Waals surface area contributed by atoms with Crippen molar-refractivity contribution < 1.29 is 42.9 Å². The lowest BCUT2D eigenvalue weighted by Gasteiger charge is -2.44. The summed E-state index contributed by atoms with van der Waals surface area (Å²) in [4.78, 5) is 51.4. The van der Waals surface area contributed by atoms with Crippen molar-refractivity contribution in [3.8, 4) is 0 Å². The van der Waals surface area contributed by atoms with Crippen LogP contribution in [0.4, 0.5) is 0 Å². The van der Waals surface area contributed by atoms with Crippen LogP contribution >= 0.6 is 11.8 Å². The summed E-state index contributed by atoms with van der Waals surface area (Å²) in [5.41, 5.74) is 0.00487. The molecule has 1 saturated heterocycles. The van der Waals surface area contributed by atoms with Crippen LogP contribution in [0, 0.1) is 0 Å². The Morgan fingerprint density at radius 3 is 1.59 bits per heavy atom. The van der Waals surface area contributed by atoms with E-state index in [2.05, 4.69) is 0 Å². The summed E-state index contributed by atoms with van der Waals surface area (Å²) in [6.07, 6.45) is -4.76. The highest BCUT2D eigenvalue weighted by atomic mass is 32.2. The average molecular weight is 579 g/mol. The summed E-state index contributed by atoms with van der Waals surface area (Å²) in [6.45, 7) is 2.78. The van der Waals surface area contributed by atoms with Crippen molar-refractivity contribution in [2.24, 2.45) is 0 Å². The minimum atomic E-state index is -1.29. The average Bonchev–Trinajstić information content (AvgIpc) is 3.00. The first-order chi connectivity index (χ1) is 19.9. The van der Waals surface area contributed by atoms with Gasteiger partial charge in [-0.3, -0.25) is 4.79 Å². The Balaban J connectivity index is 1.69. The van der Waals surface area contributed by atoms with Crippen LogP contribution in [0.2, 0.25) is 0 Å². The van der Waals surface area contributed by atoms with E-state index in [9.17, 15) is 19.2 Å². The molecule has 0 aliphatic carbocycles. The van der Waals surface area contributed by atoms with Crippen molar-refractivity contribution in [2.75, 3.05) is 12.4 Å².